The van der Waals surface area contributed by atoms with Gasteiger partial charge >= 0.3 is 5.97 Å². The molecule has 0 unspecified atom stereocenters. The molecular weight excluding hydrogens is 228 g/mol. The summed E-state index contributed by atoms with van der Waals surface area (Å²) in [5.74, 6) is 1.66. The van der Waals surface area contributed by atoms with Crippen molar-refractivity contribution in [3.8, 4) is 18.1 Å². The van der Waals surface area contributed by atoms with Crippen molar-refractivity contribution in [2.24, 2.45) is 0 Å². The molecule has 0 bridgehead atoms. The van der Waals surface area contributed by atoms with Crippen LogP contribution in [-0.2, 0) is 4.79 Å². The second kappa shape index (κ2) is 5.84. The van der Waals surface area contributed by atoms with Gasteiger partial charge in [-0.3, -0.25) is 0 Å². The molecule has 1 aromatic carbocycles. The van der Waals surface area contributed by atoms with E-state index in [-0.39, 0.29) is 6.61 Å². The zero-order valence-corrected chi connectivity index (χ0v) is 9.07. The number of hydrogen-bond donors (Lipinski definition) is 1. The quantitative estimate of drug-likeness (QED) is 0.645. The van der Waals surface area contributed by atoms with E-state index in [0.29, 0.717) is 16.3 Å². The van der Waals surface area contributed by atoms with E-state index in [1.54, 1.807) is 18.2 Å². The third-order valence-corrected chi connectivity index (χ3v) is 2.00. The Morgan fingerprint density at radius 2 is 2.38 bits per heavy atom. The Hall–Kier alpha value is -1.92. The summed E-state index contributed by atoms with van der Waals surface area (Å²) >= 11 is 5.91. The molecule has 1 aromatic rings. The maximum atomic E-state index is 10.4. The first-order valence-electron chi connectivity index (χ1n) is 4.41. The van der Waals surface area contributed by atoms with E-state index >= 15 is 0 Å². The molecule has 0 amide bonds. The van der Waals surface area contributed by atoms with Gasteiger partial charge in [-0.25, -0.2) is 4.79 Å². The number of hydrogen-bond acceptors (Lipinski definition) is 2. The van der Waals surface area contributed by atoms with Gasteiger partial charge in [0, 0.05) is 11.6 Å². The predicted octanol–water partition coefficient (Wildman–Crippen LogP) is 2.45. The Morgan fingerprint density at radius 1 is 1.62 bits per heavy atom. The van der Waals surface area contributed by atoms with Gasteiger partial charge in [-0.1, -0.05) is 29.7 Å². The minimum atomic E-state index is -1.04. The van der Waals surface area contributed by atoms with Crippen LogP contribution in [0, 0.1) is 12.3 Å². The average molecular weight is 237 g/mol. The average Bonchev–Trinajstić information content (AvgIpc) is 2.25. The van der Waals surface area contributed by atoms with Crippen molar-refractivity contribution in [2.45, 2.75) is 0 Å². The van der Waals surface area contributed by atoms with Crippen LogP contribution in [0.4, 0.5) is 0 Å². The van der Waals surface area contributed by atoms with Crippen LogP contribution in [0.15, 0.2) is 24.3 Å². The van der Waals surface area contributed by atoms with Crippen LogP contribution in [0.5, 0.6) is 5.75 Å². The van der Waals surface area contributed by atoms with E-state index in [4.69, 9.17) is 27.9 Å². The second-order valence-electron chi connectivity index (χ2n) is 2.82. The molecule has 16 heavy (non-hydrogen) atoms. The zero-order valence-electron chi connectivity index (χ0n) is 8.31. The van der Waals surface area contributed by atoms with E-state index in [1.165, 1.54) is 6.08 Å². The summed E-state index contributed by atoms with van der Waals surface area (Å²) in [6.45, 7) is 0.0810. The Kier molecular flexibility index (Phi) is 4.43. The highest BCUT2D eigenvalue weighted by atomic mass is 35.5. The lowest BCUT2D eigenvalue weighted by Crippen LogP contribution is -1.96. The Morgan fingerprint density at radius 3 is 3.00 bits per heavy atom. The fourth-order valence-electron chi connectivity index (χ4n) is 1.08. The van der Waals surface area contributed by atoms with Gasteiger partial charge in [0.1, 0.15) is 12.4 Å². The number of carbonyl (C=O) groups is 1. The number of carboxylic acids is 1. The molecule has 1 N–H and O–H groups in total. The summed E-state index contributed by atoms with van der Waals surface area (Å²) in [5, 5.41) is 8.91. The number of carboxylic acid groups (broad SMARTS) is 1. The van der Waals surface area contributed by atoms with Gasteiger partial charge in [0.2, 0.25) is 0 Å². The molecule has 0 radical (unpaired) electrons. The number of benzene rings is 1. The summed E-state index contributed by atoms with van der Waals surface area (Å²) in [7, 11) is 0. The SMILES string of the molecule is C#CCOc1c(Cl)cccc1/C=C/C(=O)O. The van der Waals surface area contributed by atoms with Crippen LogP contribution in [0.3, 0.4) is 0 Å². The largest absolute Gasteiger partial charge is 0.479 e. The molecule has 0 saturated carbocycles. The Labute approximate surface area is 98.3 Å². The highest BCUT2D eigenvalue weighted by Gasteiger charge is 2.05. The molecule has 0 atom stereocenters. The first-order chi connectivity index (χ1) is 7.65. The lowest BCUT2D eigenvalue weighted by molar-refractivity contribution is -0.131. The molecule has 3 nitrogen and oxygen atoms in total. The van der Waals surface area contributed by atoms with Crippen molar-refractivity contribution >= 4 is 23.6 Å². The van der Waals surface area contributed by atoms with Gasteiger partial charge in [0.15, 0.2) is 0 Å². The minimum Gasteiger partial charge on any atom is -0.479 e. The van der Waals surface area contributed by atoms with E-state index in [1.807, 2.05) is 0 Å². The smallest absolute Gasteiger partial charge is 0.328 e. The molecule has 0 aliphatic carbocycles. The molecule has 0 heterocycles. The lowest BCUT2D eigenvalue weighted by Gasteiger charge is -2.08. The van der Waals surface area contributed by atoms with Crippen LogP contribution in [0.25, 0.3) is 6.08 Å². The zero-order chi connectivity index (χ0) is 12.0. The fourth-order valence-corrected chi connectivity index (χ4v) is 1.32. The summed E-state index contributed by atoms with van der Waals surface area (Å²) in [4.78, 5) is 10.4. The normalized spacial score (nSPS) is 10.0. The summed E-state index contributed by atoms with van der Waals surface area (Å²) in [6, 6.07) is 5.04. The number of terminal acetylenes is 1. The minimum absolute atomic E-state index is 0.0810. The molecular formula is C12H9ClO3. The first kappa shape index (κ1) is 12.2. The van der Waals surface area contributed by atoms with Crippen molar-refractivity contribution in [3.05, 3.63) is 34.9 Å². The van der Waals surface area contributed by atoms with Gasteiger partial charge in [-0.2, -0.15) is 0 Å². The number of rotatable bonds is 4. The van der Waals surface area contributed by atoms with Crippen LogP contribution >= 0.6 is 11.6 Å². The van der Waals surface area contributed by atoms with Crippen molar-refractivity contribution < 1.29 is 14.6 Å². The van der Waals surface area contributed by atoms with Gasteiger partial charge in [-0.05, 0) is 12.1 Å². The maximum Gasteiger partial charge on any atom is 0.328 e. The van der Waals surface area contributed by atoms with E-state index in [0.717, 1.165) is 6.08 Å². The Balaban J connectivity index is 3.03. The molecule has 0 spiro atoms. The van der Waals surface area contributed by atoms with Crippen LogP contribution < -0.4 is 4.74 Å². The van der Waals surface area contributed by atoms with E-state index < -0.39 is 5.97 Å². The van der Waals surface area contributed by atoms with Gasteiger partial charge in [-0.15, -0.1) is 6.42 Å². The summed E-state index contributed by atoms with van der Waals surface area (Å²) < 4.78 is 5.24. The monoisotopic (exact) mass is 236 g/mol. The van der Waals surface area contributed by atoms with E-state index in [9.17, 15) is 4.79 Å². The van der Waals surface area contributed by atoms with Crippen molar-refractivity contribution in [1.29, 1.82) is 0 Å². The number of aliphatic carboxylic acids is 1. The molecule has 0 fully saturated rings. The van der Waals surface area contributed by atoms with Gasteiger partial charge in [0.05, 0.1) is 5.02 Å². The lowest BCUT2D eigenvalue weighted by atomic mass is 10.2. The Bertz CT molecular complexity index is 458. The molecule has 4 heteroatoms. The predicted molar refractivity (Wildman–Crippen MR) is 62.4 cm³/mol. The molecule has 0 aliphatic heterocycles. The third kappa shape index (κ3) is 3.34. The van der Waals surface area contributed by atoms with Crippen molar-refractivity contribution in [1.82, 2.24) is 0 Å². The molecule has 0 saturated heterocycles. The highest BCUT2D eigenvalue weighted by Crippen LogP contribution is 2.29. The molecule has 0 aliphatic rings. The first-order valence-corrected chi connectivity index (χ1v) is 4.78. The third-order valence-electron chi connectivity index (χ3n) is 1.70. The number of ether oxygens (including phenoxy) is 1. The number of halogens is 1. The molecule has 82 valence electrons. The molecule has 0 aromatic heterocycles. The highest BCUT2D eigenvalue weighted by molar-refractivity contribution is 6.32. The van der Waals surface area contributed by atoms with Crippen LogP contribution in [0.1, 0.15) is 5.56 Å². The standard InChI is InChI=1S/C12H9ClO3/c1-2-8-16-12-9(6-7-11(14)15)4-3-5-10(12)13/h1,3-7H,8H2,(H,14,15)/b7-6+. The fraction of sp³-hybridized carbons (Fsp3) is 0.0833. The van der Waals surface area contributed by atoms with Gasteiger partial charge in [0.25, 0.3) is 0 Å². The number of para-hydroxylation sites is 1. The molecule has 1 rings (SSSR count). The van der Waals surface area contributed by atoms with Crippen LogP contribution in [0.2, 0.25) is 5.02 Å². The van der Waals surface area contributed by atoms with Gasteiger partial charge < -0.3 is 9.84 Å². The second-order valence-corrected chi connectivity index (χ2v) is 3.23. The van der Waals surface area contributed by atoms with Crippen LogP contribution in [-0.4, -0.2) is 17.7 Å². The topological polar surface area (TPSA) is 46.5 Å². The van der Waals surface area contributed by atoms with Crippen molar-refractivity contribution in [3.63, 3.8) is 0 Å². The van der Waals surface area contributed by atoms with Crippen molar-refractivity contribution in [2.75, 3.05) is 6.61 Å². The summed E-state index contributed by atoms with van der Waals surface area (Å²) in [5.41, 5.74) is 0.574. The maximum absolute atomic E-state index is 10.4. The van der Waals surface area contributed by atoms with E-state index in [2.05, 4.69) is 5.92 Å². The summed E-state index contributed by atoms with van der Waals surface area (Å²) in [6.07, 6.45) is 7.48.